The number of hydrogen-bond donors (Lipinski definition) is 1. The van der Waals surface area contributed by atoms with Crippen molar-refractivity contribution in [3.05, 3.63) is 0 Å². The van der Waals surface area contributed by atoms with E-state index < -0.39 is 5.97 Å². The first-order valence-electron chi connectivity index (χ1n) is 6.74. The van der Waals surface area contributed by atoms with Gasteiger partial charge >= 0.3 is 5.97 Å². The highest BCUT2D eigenvalue weighted by molar-refractivity contribution is 7.99. The topological polar surface area (TPSA) is 57.6 Å². The zero-order valence-corrected chi connectivity index (χ0v) is 11.9. The monoisotopic (exact) mass is 273 g/mol. The molecule has 5 heteroatoms. The lowest BCUT2D eigenvalue weighted by Crippen LogP contribution is -2.47. The SMILES string of the molecule is CCCCCCC(=O)N1CCSCC1CC(=O)O. The number of carbonyl (C=O) groups excluding carboxylic acids is 1. The minimum absolute atomic E-state index is 0.0771. The Morgan fingerprint density at radius 3 is 2.78 bits per heavy atom. The third-order valence-corrected chi connectivity index (χ3v) is 4.29. The van der Waals surface area contributed by atoms with Gasteiger partial charge in [0.15, 0.2) is 0 Å². The van der Waals surface area contributed by atoms with Crippen molar-refractivity contribution in [1.82, 2.24) is 4.90 Å². The maximum absolute atomic E-state index is 12.1. The zero-order chi connectivity index (χ0) is 13.4. The molecule has 0 aromatic heterocycles. The Kier molecular flexibility index (Phi) is 7.16. The molecule has 1 saturated heterocycles. The average Bonchev–Trinajstić information content (AvgIpc) is 2.34. The zero-order valence-electron chi connectivity index (χ0n) is 11.1. The summed E-state index contributed by atoms with van der Waals surface area (Å²) in [4.78, 5) is 24.7. The lowest BCUT2D eigenvalue weighted by Gasteiger charge is -2.34. The Balaban J connectivity index is 2.39. The molecule has 1 amide bonds. The van der Waals surface area contributed by atoms with Crippen LogP contribution in [0.2, 0.25) is 0 Å². The van der Waals surface area contributed by atoms with Crippen LogP contribution in [0.5, 0.6) is 0 Å². The van der Waals surface area contributed by atoms with Crippen LogP contribution in [0.3, 0.4) is 0 Å². The Bertz CT molecular complexity index is 283. The third-order valence-electron chi connectivity index (χ3n) is 3.20. The lowest BCUT2D eigenvalue weighted by molar-refractivity contribution is -0.140. The van der Waals surface area contributed by atoms with Crippen molar-refractivity contribution in [3.63, 3.8) is 0 Å². The van der Waals surface area contributed by atoms with Crippen LogP contribution >= 0.6 is 11.8 Å². The highest BCUT2D eigenvalue weighted by atomic mass is 32.2. The highest BCUT2D eigenvalue weighted by Gasteiger charge is 2.28. The molecule has 0 saturated carbocycles. The molecule has 4 nitrogen and oxygen atoms in total. The van der Waals surface area contributed by atoms with Crippen LogP contribution in [0.1, 0.15) is 45.4 Å². The van der Waals surface area contributed by atoms with Gasteiger partial charge in [-0.3, -0.25) is 9.59 Å². The maximum Gasteiger partial charge on any atom is 0.305 e. The first-order valence-corrected chi connectivity index (χ1v) is 7.89. The quantitative estimate of drug-likeness (QED) is 0.724. The number of carbonyl (C=O) groups is 2. The van der Waals surface area contributed by atoms with Crippen molar-refractivity contribution in [2.45, 2.75) is 51.5 Å². The molecule has 0 bridgehead atoms. The Morgan fingerprint density at radius 1 is 1.33 bits per heavy atom. The van der Waals surface area contributed by atoms with E-state index in [9.17, 15) is 9.59 Å². The van der Waals surface area contributed by atoms with Crippen molar-refractivity contribution in [1.29, 1.82) is 0 Å². The summed E-state index contributed by atoms with van der Waals surface area (Å²) in [6.45, 7) is 2.85. The van der Waals surface area contributed by atoms with Gasteiger partial charge < -0.3 is 10.0 Å². The van der Waals surface area contributed by atoms with Crippen molar-refractivity contribution >= 4 is 23.6 Å². The van der Waals surface area contributed by atoms with Gasteiger partial charge in [0.2, 0.25) is 5.91 Å². The van der Waals surface area contributed by atoms with Crippen LogP contribution in [0.4, 0.5) is 0 Å². The fourth-order valence-electron chi connectivity index (χ4n) is 2.20. The maximum atomic E-state index is 12.1. The van der Waals surface area contributed by atoms with Crippen molar-refractivity contribution < 1.29 is 14.7 Å². The second-order valence-corrected chi connectivity index (χ2v) is 5.87. The molecule has 18 heavy (non-hydrogen) atoms. The van der Waals surface area contributed by atoms with Gasteiger partial charge in [0.05, 0.1) is 12.5 Å². The Hall–Kier alpha value is -0.710. The summed E-state index contributed by atoms with van der Waals surface area (Å²) < 4.78 is 0. The van der Waals surface area contributed by atoms with Crippen LogP contribution in [-0.2, 0) is 9.59 Å². The normalized spacial score (nSPS) is 19.8. The second-order valence-electron chi connectivity index (χ2n) is 4.72. The summed E-state index contributed by atoms with van der Waals surface area (Å²) in [5.41, 5.74) is 0. The summed E-state index contributed by atoms with van der Waals surface area (Å²) in [5.74, 6) is 1.01. The average molecular weight is 273 g/mol. The summed E-state index contributed by atoms with van der Waals surface area (Å²) in [7, 11) is 0. The van der Waals surface area contributed by atoms with E-state index in [-0.39, 0.29) is 18.4 Å². The third kappa shape index (κ3) is 5.29. The number of nitrogens with zero attached hydrogens (tertiary/aromatic N) is 1. The van der Waals surface area contributed by atoms with Crippen LogP contribution in [-0.4, -0.2) is 46.0 Å². The van der Waals surface area contributed by atoms with Crippen LogP contribution in [0, 0.1) is 0 Å². The van der Waals surface area contributed by atoms with E-state index >= 15 is 0 Å². The molecule has 0 aromatic carbocycles. The minimum atomic E-state index is -0.814. The summed E-state index contributed by atoms with van der Waals surface area (Å²) in [6.07, 6.45) is 5.00. The molecule has 104 valence electrons. The predicted octanol–water partition coefficient (Wildman–Crippen LogP) is 2.38. The molecule has 0 radical (unpaired) electrons. The van der Waals surface area contributed by atoms with Gasteiger partial charge in [0.1, 0.15) is 0 Å². The number of aliphatic carboxylic acids is 1. The number of carboxylic acids is 1. The first kappa shape index (κ1) is 15.3. The number of amides is 1. The fourth-order valence-corrected chi connectivity index (χ4v) is 3.26. The van der Waals surface area contributed by atoms with E-state index in [1.165, 1.54) is 6.42 Å². The van der Waals surface area contributed by atoms with E-state index in [0.717, 1.165) is 30.8 Å². The number of hydrogen-bond acceptors (Lipinski definition) is 3. The van der Waals surface area contributed by atoms with Gasteiger partial charge in [0, 0.05) is 24.5 Å². The molecule has 1 atom stereocenters. The van der Waals surface area contributed by atoms with E-state index in [0.29, 0.717) is 13.0 Å². The number of carboxylic acid groups (broad SMARTS) is 1. The molecule has 1 N–H and O–H groups in total. The molecular formula is C13H23NO3S. The van der Waals surface area contributed by atoms with Gasteiger partial charge in [-0.2, -0.15) is 11.8 Å². The molecule has 0 spiro atoms. The predicted molar refractivity (Wildman–Crippen MR) is 73.8 cm³/mol. The van der Waals surface area contributed by atoms with E-state index in [1.807, 2.05) is 0 Å². The molecule has 1 fully saturated rings. The molecular weight excluding hydrogens is 250 g/mol. The number of rotatable bonds is 7. The second kappa shape index (κ2) is 8.40. The van der Waals surface area contributed by atoms with Crippen LogP contribution in [0.25, 0.3) is 0 Å². The smallest absolute Gasteiger partial charge is 0.305 e. The summed E-state index contributed by atoms with van der Waals surface area (Å²) in [6, 6.07) is -0.111. The van der Waals surface area contributed by atoms with Crippen molar-refractivity contribution in [2.75, 3.05) is 18.1 Å². The number of unbranched alkanes of at least 4 members (excludes halogenated alkanes) is 3. The Morgan fingerprint density at radius 2 is 2.11 bits per heavy atom. The van der Waals surface area contributed by atoms with Crippen LogP contribution in [0.15, 0.2) is 0 Å². The van der Waals surface area contributed by atoms with Gasteiger partial charge in [-0.1, -0.05) is 26.2 Å². The minimum Gasteiger partial charge on any atom is -0.481 e. The molecule has 1 heterocycles. The van der Waals surface area contributed by atoms with Gasteiger partial charge in [-0.15, -0.1) is 0 Å². The fraction of sp³-hybridized carbons (Fsp3) is 0.846. The molecule has 1 unspecified atom stereocenters. The van der Waals surface area contributed by atoms with Crippen molar-refractivity contribution in [2.24, 2.45) is 0 Å². The highest BCUT2D eigenvalue weighted by Crippen LogP contribution is 2.20. The van der Waals surface area contributed by atoms with Crippen LogP contribution < -0.4 is 0 Å². The lowest BCUT2D eigenvalue weighted by atomic mass is 10.1. The van der Waals surface area contributed by atoms with Crippen molar-refractivity contribution in [3.8, 4) is 0 Å². The standard InChI is InChI=1S/C13H23NO3S/c1-2-3-4-5-6-12(15)14-7-8-18-10-11(14)9-13(16)17/h11H,2-10H2,1H3,(H,16,17). The van der Waals surface area contributed by atoms with Gasteiger partial charge in [-0.25, -0.2) is 0 Å². The Labute approximate surface area is 113 Å². The number of thioether (sulfide) groups is 1. The van der Waals surface area contributed by atoms with E-state index in [1.54, 1.807) is 16.7 Å². The van der Waals surface area contributed by atoms with Gasteiger partial charge in [-0.05, 0) is 6.42 Å². The largest absolute Gasteiger partial charge is 0.481 e. The van der Waals surface area contributed by atoms with E-state index in [2.05, 4.69) is 6.92 Å². The summed E-state index contributed by atoms with van der Waals surface area (Å²) in [5, 5.41) is 8.86. The van der Waals surface area contributed by atoms with E-state index in [4.69, 9.17) is 5.11 Å². The summed E-state index contributed by atoms with van der Waals surface area (Å²) >= 11 is 1.74. The molecule has 0 aromatic rings. The van der Waals surface area contributed by atoms with Gasteiger partial charge in [0.25, 0.3) is 0 Å². The molecule has 1 rings (SSSR count). The molecule has 0 aliphatic carbocycles. The first-order chi connectivity index (χ1) is 8.65. The molecule has 1 aliphatic rings. The molecule has 1 aliphatic heterocycles.